The first-order valence-corrected chi connectivity index (χ1v) is 7.08. The summed E-state index contributed by atoms with van der Waals surface area (Å²) >= 11 is 5.48. The van der Waals surface area contributed by atoms with E-state index in [4.69, 9.17) is 4.42 Å². The number of benzene rings is 1. The smallest absolute Gasteiger partial charge is 0.252 e. The second-order valence-electron chi connectivity index (χ2n) is 3.67. The Morgan fingerprint density at radius 2 is 2.33 bits per heavy atom. The molecule has 0 fully saturated rings. The van der Waals surface area contributed by atoms with E-state index in [0.717, 1.165) is 13.8 Å². The molecule has 4 nitrogen and oxygen atoms in total. The van der Waals surface area contributed by atoms with E-state index in [0.29, 0.717) is 11.5 Å². The summed E-state index contributed by atoms with van der Waals surface area (Å²) < 4.78 is 7.06. The number of aryl methyl sites for hydroxylation is 1. The molecule has 0 unspecified atom stereocenters. The summed E-state index contributed by atoms with van der Waals surface area (Å²) in [6.45, 7) is 2.10. The number of hydrogen-bond acceptors (Lipinski definition) is 3. The molecule has 94 valence electrons. The molecule has 0 saturated carbocycles. The highest BCUT2D eigenvalue weighted by Crippen LogP contribution is 2.18. The van der Waals surface area contributed by atoms with Crippen LogP contribution in [-0.2, 0) is 6.54 Å². The number of carbonyl (C=O) groups excluding carboxylic acids is 1. The second kappa shape index (κ2) is 5.83. The van der Waals surface area contributed by atoms with E-state index >= 15 is 0 Å². The van der Waals surface area contributed by atoms with E-state index in [9.17, 15) is 4.79 Å². The van der Waals surface area contributed by atoms with Gasteiger partial charge in [0.2, 0.25) is 5.89 Å². The van der Waals surface area contributed by atoms with E-state index in [2.05, 4.69) is 48.8 Å². The van der Waals surface area contributed by atoms with Gasteiger partial charge in [-0.25, -0.2) is 4.98 Å². The minimum atomic E-state index is -0.142. The number of amides is 1. The Kier molecular flexibility index (Phi) is 4.39. The molecule has 0 aliphatic rings. The zero-order valence-electron chi connectivity index (χ0n) is 9.54. The molecule has 6 heteroatoms. The number of rotatable bonds is 3. The lowest BCUT2D eigenvalue weighted by atomic mass is 10.2. The molecular formula is C12H10BrIN2O2. The number of hydrogen-bond donors (Lipinski definition) is 1. The third kappa shape index (κ3) is 3.32. The lowest BCUT2D eigenvalue weighted by Crippen LogP contribution is -2.23. The molecule has 0 aliphatic heterocycles. The first-order valence-electron chi connectivity index (χ1n) is 5.21. The molecule has 1 aromatic carbocycles. The first kappa shape index (κ1) is 13.5. The SMILES string of the molecule is Cc1cnc(CNC(=O)c2cc(Br)ccc2I)o1. The van der Waals surface area contributed by atoms with Crippen LogP contribution in [0.4, 0.5) is 0 Å². The summed E-state index contributed by atoms with van der Waals surface area (Å²) in [5.41, 5.74) is 0.633. The van der Waals surface area contributed by atoms with Crippen molar-refractivity contribution in [1.82, 2.24) is 10.3 Å². The Hall–Kier alpha value is -0.890. The van der Waals surface area contributed by atoms with Crippen molar-refractivity contribution < 1.29 is 9.21 Å². The molecule has 1 heterocycles. The molecule has 0 saturated heterocycles. The van der Waals surface area contributed by atoms with Crippen LogP contribution in [0.5, 0.6) is 0 Å². The van der Waals surface area contributed by atoms with Crippen molar-refractivity contribution >= 4 is 44.4 Å². The lowest BCUT2D eigenvalue weighted by Gasteiger charge is -2.05. The second-order valence-corrected chi connectivity index (χ2v) is 5.75. The number of nitrogens with zero attached hydrogens (tertiary/aromatic N) is 1. The van der Waals surface area contributed by atoms with Crippen LogP contribution in [0, 0.1) is 10.5 Å². The standard InChI is InChI=1S/C12H10BrIN2O2/c1-7-5-15-11(18-7)6-16-12(17)9-4-8(13)2-3-10(9)14/h2-5H,6H2,1H3,(H,16,17). The summed E-state index contributed by atoms with van der Waals surface area (Å²) in [7, 11) is 0. The molecule has 0 spiro atoms. The number of halogens is 2. The highest BCUT2D eigenvalue weighted by molar-refractivity contribution is 14.1. The fourth-order valence-corrected chi connectivity index (χ4v) is 2.35. The summed E-state index contributed by atoms with van der Waals surface area (Å²) in [4.78, 5) is 16.0. The average Bonchev–Trinajstić information content (AvgIpc) is 2.75. The van der Waals surface area contributed by atoms with Gasteiger partial charge in [-0.3, -0.25) is 4.79 Å². The van der Waals surface area contributed by atoms with Gasteiger partial charge < -0.3 is 9.73 Å². The van der Waals surface area contributed by atoms with Crippen LogP contribution in [0.15, 0.2) is 33.3 Å². The van der Waals surface area contributed by atoms with Gasteiger partial charge in [-0.05, 0) is 47.7 Å². The molecule has 0 atom stereocenters. The largest absolute Gasteiger partial charge is 0.444 e. The van der Waals surface area contributed by atoms with Crippen LogP contribution in [0.25, 0.3) is 0 Å². The van der Waals surface area contributed by atoms with Crippen molar-refractivity contribution in [1.29, 1.82) is 0 Å². The van der Waals surface area contributed by atoms with E-state index in [-0.39, 0.29) is 12.5 Å². The van der Waals surface area contributed by atoms with Crippen molar-refractivity contribution in [2.75, 3.05) is 0 Å². The van der Waals surface area contributed by atoms with Gasteiger partial charge in [0.15, 0.2) is 0 Å². The normalized spacial score (nSPS) is 10.4. The Labute approximate surface area is 126 Å². The predicted molar refractivity (Wildman–Crippen MR) is 79.3 cm³/mol. The molecule has 0 bridgehead atoms. The maximum Gasteiger partial charge on any atom is 0.252 e. The highest BCUT2D eigenvalue weighted by Gasteiger charge is 2.11. The average molecular weight is 421 g/mol. The van der Waals surface area contributed by atoms with Crippen molar-refractivity contribution in [3.8, 4) is 0 Å². The molecule has 1 amide bonds. The monoisotopic (exact) mass is 420 g/mol. The fourth-order valence-electron chi connectivity index (χ4n) is 1.41. The van der Waals surface area contributed by atoms with Gasteiger partial charge >= 0.3 is 0 Å². The van der Waals surface area contributed by atoms with E-state index in [1.54, 1.807) is 12.3 Å². The van der Waals surface area contributed by atoms with Crippen molar-refractivity contribution in [3.05, 3.63) is 49.7 Å². The zero-order chi connectivity index (χ0) is 13.1. The minimum Gasteiger partial charge on any atom is -0.444 e. The van der Waals surface area contributed by atoms with E-state index in [1.165, 1.54) is 0 Å². The maximum atomic E-state index is 12.0. The van der Waals surface area contributed by atoms with Crippen LogP contribution in [-0.4, -0.2) is 10.9 Å². The van der Waals surface area contributed by atoms with Crippen molar-refractivity contribution in [2.24, 2.45) is 0 Å². The molecule has 18 heavy (non-hydrogen) atoms. The summed E-state index contributed by atoms with van der Waals surface area (Å²) in [5, 5.41) is 2.78. The van der Waals surface area contributed by atoms with Crippen LogP contribution >= 0.6 is 38.5 Å². The van der Waals surface area contributed by atoms with Gasteiger partial charge in [0.25, 0.3) is 5.91 Å². The minimum absolute atomic E-state index is 0.142. The fraction of sp³-hybridized carbons (Fsp3) is 0.167. The number of oxazole rings is 1. The van der Waals surface area contributed by atoms with Gasteiger partial charge in [0.1, 0.15) is 5.76 Å². The van der Waals surface area contributed by atoms with Crippen LogP contribution in [0.1, 0.15) is 22.0 Å². The van der Waals surface area contributed by atoms with Crippen LogP contribution < -0.4 is 5.32 Å². The zero-order valence-corrected chi connectivity index (χ0v) is 13.3. The van der Waals surface area contributed by atoms with Gasteiger partial charge in [0, 0.05) is 8.04 Å². The third-order valence-electron chi connectivity index (χ3n) is 2.24. The highest BCUT2D eigenvalue weighted by atomic mass is 127. The Morgan fingerprint density at radius 1 is 1.56 bits per heavy atom. The molecule has 2 aromatic rings. The third-order valence-corrected chi connectivity index (χ3v) is 3.68. The quantitative estimate of drug-likeness (QED) is 0.775. The summed E-state index contributed by atoms with van der Waals surface area (Å²) in [6.07, 6.45) is 1.63. The number of nitrogens with one attached hydrogen (secondary N) is 1. The summed E-state index contributed by atoms with van der Waals surface area (Å²) in [5.74, 6) is 1.10. The van der Waals surface area contributed by atoms with Gasteiger partial charge in [-0.2, -0.15) is 0 Å². The lowest BCUT2D eigenvalue weighted by molar-refractivity contribution is 0.0946. The number of aromatic nitrogens is 1. The van der Waals surface area contributed by atoms with Crippen LogP contribution in [0.3, 0.4) is 0 Å². The topological polar surface area (TPSA) is 55.1 Å². The molecule has 0 aliphatic carbocycles. The Balaban J connectivity index is 2.05. The first-order chi connectivity index (χ1) is 8.56. The molecule has 2 rings (SSSR count). The van der Waals surface area contributed by atoms with Crippen molar-refractivity contribution in [3.63, 3.8) is 0 Å². The molecule has 1 aromatic heterocycles. The van der Waals surface area contributed by atoms with E-state index in [1.807, 2.05) is 19.1 Å². The Morgan fingerprint density at radius 3 is 3.00 bits per heavy atom. The van der Waals surface area contributed by atoms with Gasteiger partial charge in [-0.1, -0.05) is 15.9 Å². The van der Waals surface area contributed by atoms with Gasteiger partial charge in [0.05, 0.1) is 18.3 Å². The maximum absolute atomic E-state index is 12.0. The molecule has 1 N–H and O–H groups in total. The molecule has 0 radical (unpaired) electrons. The van der Waals surface area contributed by atoms with Crippen LogP contribution in [0.2, 0.25) is 0 Å². The summed E-state index contributed by atoms with van der Waals surface area (Å²) in [6, 6.07) is 5.57. The Bertz CT molecular complexity index is 583. The predicted octanol–water partition coefficient (Wildman–Crippen LogP) is 3.28. The molecular weight excluding hydrogens is 411 g/mol. The number of carbonyl (C=O) groups is 1. The van der Waals surface area contributed by atoms with Gasteiger partial charge in [-0.15, -0.1) is 0 Å². The van der Waals surface area contributed by atoms with E-state index < -0.39 is 0 Å². The van der Waals surface area contributed by atoms with Crippen molar-refractivity contribution in [2.45, 2.75) is 13.5 Å².